The SMILES string of the molecule is CCCOc1cccc(/C=C2/SC(=Nc3cccc(C(=O)O)c3)N(CC)C2=O)c1. The minimum Gasteiger partial charge on any atom is -0.494 e. The Hall–Kier alpha value is -3.06. The molecule has 1 fully saturated rings. The third kappa shape index (κ3) is 5.06. The molecule has 2 aromatic carbocycles. The molecule has 2 aromatic rings. The number of thioether (sulfide) groups is 1. The number of ether oxygens (including phenoxy) is 1. The van der Waals surface area contributed by atoms with E-state index in [1.807, 2.05) is 44.2 Å². The topological polar surface area (TPSA) is 79.2 Å². The first kappa shape index (κ1) is 20.7. The highest BCUT2D eigenvalue weighted by Gasteiger charge is 2.32. The highest BCUT2D eigenvalue weighted by molar-refractivity contribution is 8.18. The second-order valence-corrected chi connectivity index (χ2v) is 7.34. The molecule has 0 saturated carbocycles. The van der Waals surface area contributed by atoms with Crippen molar-refractivity contribution in [2.75, 3.05) is 13.2 Å². The van der Waals surface area contributed by atoms with Crippen LogP contribution in [-0.2, 0) is 4.79 Å². The predicted molar refractivity (Wildman–Crippen MR) is 116 cm³/mol. The van der Waals surface area contributed by atoms with Crippen LogP contribution in [0.25, 0.3) is 6.08 Å². The number of aliphatic imine (C=N–C) groups is 1. The second kappa shape index (κ2) is 9.43. The van der Waals surface area contributed by atoms with Crippen molar-refractivity contribution in [1.29, 1.82) is 0 Å². The van der Waals surface area contributed by atoms with Gasteiger partial charge < -0.3 is 9.84 Å². The van der Waals surface area contributed by atoms with E-state index in [1.165, 1.54) is 23.9 Å². The maximum Gasteiger partial charge on any atom is 0.335 e. The fourth-order valence-corrected chi connectivity index (χ4v) is 3.82. The standard InChI is InChI=1S/C22H22N2O4S/c1-3-11-28-18-10-5-7-15(12-18)13-19-20(25)24(4-2)22(29-19)23-17-9-6-8-16(14-17)21(26)27/h5-10,12-14H,3-4,11H2,1-2H3,(H,26,27)/b19-13+,23-22?. The minimum absolute atomic E-state index is 0.120. The van der Waals surface area contributed by atoms with Gasteiger partial charge in [-0.2, -0.15) is 0 Å². The molecule has 29 heavy (non-hydrogen) atoms. The molecule has 7 heteroatoms. The van der Waals surface area contributed by atoms with Gasteiger partial charge in [0.1, 0.15) is 5.75 Å². The Balaban J connectivity index is 1.88. The van der Waals surface area contributed by atoms with Gasteiger partial charge in [0.2, 0.25) is 0 Å². The molecule has 1 saturated heterocycles. The van der Waals surface area contributed by atoms with Gasteiger partial charge in [-0.1, -0.05) is 25.1 Å². The summed E-state index contributed by atoms with van der Waals surface area (Å²) in [5, 5.41) is 9.69. The van der Waals surface area contributed by atoms with Crippen LogP contribution < -0.4 is 4.74 Å². The highest BCUT2D eigenvalue weighted by atomic mass is 32.2. The molecule has 3 rings (SSSR count). The molecule has 0 atom stereocenters. The average Bonchev–Trinajstić information content (AvgIpc) is 3.00. The lowest BCUT2D eigenvalue weighted by atomic mass is 10.2. The van der Waals surface area contributed by atoms with Crippen molar-refractivity contribution in [1.82, 2.24) is 4.90 Å². The van der Waals surface area contributed by atoms with Crippen molar-refractivity contribution >= 4 is 40.6 Å². The van der Waals surface area contributed by atoms with Crippen LogP contribution in [0.1, 0.15) is 36.2 Å². The van der Waals surface area contributed by atoms with Crippen molar-refractivity contribution in [3.8, 4) is 5.75 Å². The summed E-state index contributed by atoms with van der Waals surface area (Å²) in [4.78, 5) is 30.6. The van der Waals surface area contributed by atoms with Crippen LogP contribution in [0, 0.1) is 0 Å². The van der Waals surface area contributed by atoms with Crippen LogP contribution >= 0.6 is 11.8 Å². The van der Waals surface area contributed by atoms with Gasteiger partial charge in [0.15, 0.2) is 5.17 Å². The molecule has 1 aliphatic heterocycles. The van der Waals surface area contributed by atoms with Crippen LogP contribution in [0.2, 0.25) is 0 Å². The van der Waals surface area contributed by atoms with E-state index in [0.29, 0.717) is 28.9 Å². The number of carboxylic acid groups (broad SMARTS) is 1. The van der Waals surface area contributed by atoms with E-state index in [0.717, 1.165) is 17.7 Å². The Labute approximate surface area is 173 Å². The molecule has 6 nitrogen and oxygen atoms in total. The summed E-state index contributed by atoms with van der Waals surface area (Å²) in [5.74, 6) is -0.366. The normalized spacial score (nSPS) is 16.6. The zero-order valence-corrected chi connectivity index (χ0v) is 17.1. The Morgan fingerprint density at radius 3 is 2.72 bits per heavy atom. The summed E-state index contributed by atoms with van der Waals surface area (Å²) in [5.41, 5.74) is 1.53. The lowest BCUT2D eigenvalue weighted by Gasteiger charge is -2.12. The lowest BCUT2D eigenvalue weighted by Crippen LogP contribution is -2.28. The van der Waals surface area contributed by atoms with E-state index in [1.54, 1.807) is 17.0 Å². The molecule has 1 amide bonds. The second-order valence-electron chi connectivity index (χ2n) is 6.33. The predicted octanol–water partition coefficient (Wildman–Crippen LogP) is 4.80. The average molecular weight is 410 g/mol. The van der Waals surface area contributed by atoms with Gasteiger partial charge in [-0.3, -0.25) is 9.69 Å². The van der Waals surface area contributed by atoms with Gasteiger partial charge in [0.25, 0.3) is 5.91 Å². The van der Waals surface area contributed by atoms with Crippen LogP contribution in [0.3, 0.4) is 0 Å². The number of amidine groups is 1. The molecule has 1 N–H and O–H groups in total. The fraction of sp³-hybridized carbons (Fsp3) is 0.227. The molecule has 0 aliphatic carbocycles. The summed E-state index contributed by atoms with van der Waals surface area (Å²) in [7, 11) is 0. The molecule has 0 bridgehead atoms. The number of rotatable bonds is 7. The molecule has 0 unspecified atom stereocenters. The Morgan fingerprint density at radius 1 is 1.21 bits per heavy atom. The number of hydrogen-bond donors (Lipinski definition) is 1. The van der Waals surface area contributed by atoms with Crippen molar-refractivity contribution in [2.24, 2.45) is 4.99 Å². The number of likely N-dealkylation sites (N-methyl/N-ethyl adjacent to an activating group) is 1. The van der Waals surface area contributed by atoms with E-state index >= 15 is 0 Å². The van der Waals surface area contributed by atoms with Crippen LogP contribution in [0.5, 0.6) is 5.75 Å². The fourth-order valence-electron chi connectivity index (χ4n) is 2.75. The summed E-state index contributed by atoms with van der Waals surface area (Å²) in [6, 6.07) is 14.0. The maximum absolute atomic E-state index is 12.8. The van der Waals surface area contributed by atoms with Gasteiger partial charge in [0.05, 0.1) is 22.8 Å². The monoisotopic (exact) mass is 410 g/mol. The first-order valence-corrected chi connectivity index (χ1v) is 10.2. The van der Waals surface area contributed by atoms with Gasteiger partial charge >= 0.3 is 5.97 Å². The number of carbonyl (C=O) groups is 2. The van der Waals surface area contributed by atoms with Crippen molar-refractivity contribution in [3.63, 3.8) is 0 Å². The number of hydrogen-bond acceptors (Lipinski definition) is 5. The third-order valence-corrected chi connectivity index (χ3v) is 5.16. The highest BCUT2D eigenvalue weighted by Crippen LogP contribution is 2.34. The lowest BCUT2D eigenvalue weighted by molar-refractivity contribution is -0.122. The summed E-state index contributed by atoms with van der Waals surface area (Å²) in [6.07, 6.45) is 2.75. The molecular weight excluding hydrogens is 388 g/mol. The number of nitrogens with zero attached hydrogens (tertiary/aromatic N) is 2. The van der Waals surface area contributed by atoms with E-state index in [9.17, 15) is 9.59 Å². The van der Waals surface area contributed by atoms with E-state index in [4.69, 9.17) is 9.84 Å². The molecule has 0 radical (unpaired) electrons. The van der Waals surface area contributed by atoms with Gasteiger partial charge in [0, 0.05) is 6.54 Å². The van der Waals surface area contributed by atoms with Gasteiger partial charge in [-0.25, -0.2) is 9.79 Å². The largest absolute Gasteiger partial charge is 0.494 e. The molecule has 1 heterocycles. The smallest absolute Gasteiger partial charge is 0.335 e. The molecule has 150 valence electrons. The number of amides is 1. The summed E-state index contributed by atoms with van der Waals surface area (Å²) >= 11 is 1.28. The zero-order valence-electron chi connectivity index (χ0n) is 16.3. The van der Waals surface area contributed by atoms with Crippen molar-refractivity contribution < 1.29 is 19.4 Å². The summed E-state index contributed by atoms with van der Waals surface area (Å²) in [6.45, 7) is 5.04. The number of benzene rings is 2. The van der Waals surface area contributed by atoms with E-state index in [-0.39, 0.29) is 11.5 Å². The third-order valence-electron chi connectivity index (χ3n) is 4.15. The maximum atomic E-state index is 12.8. The van der Waals surface area contributed by atoms with Crippen molar-refractivity contribution in [3.05, 3.63) is 64.6 Å². The number of carbonyl (C=O) groups excluding carboxylic acids is 1. The molecule has 0 spiro atoms. The first-order valence-electron chi connectivity index (χ1n) is 9.38. The minimum atomic E-state index is -1.01. The van der Waals surface area contributed by atoms with E-state index < -0.39 is 5.97 Å². The van der Waals surface area contributed by atoms with Crippen molar-refractivity contribution in [2.45, 2.75) is 20.3 Å². The van der Waals surface area contributed by atoms with Gasteiger partial charge in [-0.05, 0) is 67.1 Å². The Bertz CT molecular complexity index is 984. The van der Waals surface area contributed by atoms with Crippen LogP contribution in [0.15, 0.2) is 58.4 Å². The Kier molecular flexibility index (Phi) is 6.72. The molecular formula is C22H22N2O4S. The molecule has 0 aromatic heterocycles. The number of aromatic carboxylic acids is 1. The quantitative estimate of drug-likeness (QED) is 0.664. The van der Waals surface area contributed by atoms with E-state index in [2.05, 4.69) is 4.99 Å². The Morgan fingerprint density at radius 2 is 2.00 bits per heavy atom. The molecule has 1 aliphatic rings. The van der Waals surface area contributed by atoms with Crippen LogP contribution in [0.4, 0.5) is 5.69 Å². The zero-order chi connectivity index (χ0) is 20.8. The summed E-state index contributed by atoms with van der Waals surface area (Å²) < 4.78 is 5.66. The van der Waals surface area contributed by atoms with Gasteiger partial charge in [-0.15, -0.1) is 0 Å². The first-order chi connectivity index (χ1) is 14.0. The van der Waals surface area contributed by atoms with Crippen LogP contribution in [-0.4, -0.2) is 40.2 Å². The number of carboxylic acids is 1.